The Morgan fingerprint density at radius 2 is 1.65 bits per heavy atom. The van der Waals surface area contributed by atoms with E-state index in [2.05, 4.69) is 64.9 Å². The summed E-state index contributed by atoms with van der Waals surface area (Å²) in [5, 5.41) is 7.85. The van der Waals surface area contributed by atoms with E-state index in [9.17, 15) is 4.79 Å². The fourth-order valence-corrected chi connectivity index (χ4v) is 4.82. The van der Waals surface area contributed by atoms with Crippen LogP contribution >= 0.6 is 0 Å². The van der Waals surface area contributed by atoms with Crippen molar-refractivity contribution < 1.29 is 9.32 Å². The fraction of sp³-hybridized carbons (Fsp3) is 0.429. The summed E-state index contributed by atoms with van der Waals surface area (Å²) in [4.78, 5) is 17.0. The average Bonchev–Trinajstić information content (AvgIpc) is 3.28. The molecular formula is C28H36N4O2. The molecule has 1 aromatic heterocycles. The van der Waals surface area contributed by atoms with E-state index in [1.54, 1.807) is 0 Å². The lowest BCUT2D eigenvalue weighted by Crippen LogP contribution is -2.40. The van der Waals surface area contributed by atoms with E-state index in [0.29, 0.717) is 24.8 Å². The van der Waals surface area contributed by atoms with Gasteiger partial charge in [-0.3, -0.25) is 9.69 Å². The minimum absolute atomic E-state index is 0.212. The van der Waals surface area contributed by atoms with Gasteiger partial charge in [0.05, 0.1) is 12.2 Å². The molecule has 1 saturated heterocycles. The zero-order valence-electron chi connectivity index (χ0n) is 20.3. The summed E-state index contributed by atoms with van der Waals surface area (Å²) in [5.41, 5.74) is 3.42. The Balaban J connectivity index is 1.29. The van der Waals surface area contributed by atoms with Crippen LogP contribution in [0.25, 0.3) is 0 Å². The Kier molecular flexibility index (Phi) is 8.50. The Morgan fingerprint density at radius 1 is 0.971 bits per heavy atom. The van der Waals surface area contributed by atoms with Gasteiger partial charge >= 0.3 is 0 Å². The molecule has 1 aliphatic heterocycles. The summed E-state index contributed by atoms with van der Waals surface area (Å²) in [7, 11) is 4.00. The number of hydrogen-bond acceptors (Lipinski definition) is 5. The third-order valence-corrected chi connectivity index (χ3v) is 6.69. The van der Waals surface area contributed by atoms with Gasteiger partial charge in [0.25, 0.3) is 0 Å². The summed E-state index contributed by atoms with van der Waals surface area (Å²) in [6, 6.07) is 22.7. The first-order chi connectivity index (χ1) is 16.6. The van der Waals surface area contributed by atoms with Gasteiger partial charge in [-0.25, -0.2) is 0 Å². The second kappa shape index (κ2) is 12.0. The molecule has 1 aliphatic rings. The first-order valence-corrected chi connectivity index (χ1v) is 12.2. The van der Waals surface area contributed by atoms with Crippen LogP contribution in [0.3, 0.4) is 0 Å². The molecule has 180 valence electrons. The van der Waals surface area contributed by atoms with E-state index in [0.717, 1.165) is 56.0 Å². The number of nitrogens with zero attached hydrogens (tertiary/aromatic N) is 3. The maximum atomic E-state index is 13.0. The van der Waals surface area contributed by atoms with Crippen molar-refractivity contribution in [2.75, 3.05) is 27.2 Å². The molecule has 6 heteroatoms. The number of carbonyl (C=O) groups excluding carboxylic acids is 1. The van der Waals surface area contributed by atoms with Crippen LogP contribution in [0.5, 0.6) is 0 Å². The molecule has 34 heavy (non-hydrogen) atoms. The first kappa shape index (κ1) is 24.2. The number of amides is 1. The molecule has 1 amide bonds. The number of carbonyl (C=O) groups is 1. The van der Waals surface area contributed by atoms with Crippen LogP contribution < -0.4 is 5.32 Å². The Labute approximate surface area is 202 Å². The first-order valence-electron chi connectivity index (χ1n) is 12.2. The van der Waals surface area contributed by atoms with E-state index in [4.69, 9.17) is 4.52 Å². The molecule has 0 radical (unpaired) electrons. The summed E-state index contributed by atoms with van der Waals surface area (Å²) >= 11 is 0. The van der Waals surface area contributed by atoms with Crippen molar-refractivity contribution in [3.05, 3.63) is 89.3 Å². The normalized spacial score (nSPS) is 18.2. The molecule has 1 fully saturated rings. The largest absolute Gasteiger partial charge is 0.360 e. The standard InChI is InChI=1S/C28H36N4O2/c1-31(19-22-9-5-3-6-10-22)21-27-17-26(30-34-27)15-25-18-29-14-13-24(25)16-28(33)32(2)20-23-11-7-4-8-12-23/h3-12,17,24-25,29H,13-16,18-21H2,1-2H3/t24-,25+/m0/s1. The predicted octanol–water partition coefficient (Wildman–Crippen LogP) is 4.12. The minimum Gasteiger partial charge on any atom is -0.360 e. The van der Waals surface area contributed by atoms with Crippen LogP contribution in [-0.4, -0.2) is 48.0 Å². The maximum Gasteiger partial charge on any atom is 0.222 e. The van der Waals surface area contributed by atoms with E-state index in [-0.39, 0.29) is 5.91 Å². The molecule has 1 N–H and O–H groups in total. The van der Waals surface area contributed by atoms with Gasteiger partial charge in [0, 0.05) is 32.6 Å². The Bertz CT molecular complexity index is 1020. The topological polar surface area (TPSA) is 61.6 Å². The van der Waals surface area contributed by atoms with Gasteiger partial charge in [-0.05, 0) is 55.9 Å². The highest BCUT2D eigenvalue weighted by molar-refractivity contribution is 5.76. The predicted molar refractivity (Wildman–Crippen MR) is 134 cm³/mol. The highest BCUT2D eigenvalue weighted by Gasteiger charge is 2.29. The van der Waals surface area contributed by atoms with Gasteiger partial charge in [-0.15, -0.1) is 0 Å². The highest BCUT2D eigenvalue weighted by Crippen LogP contribution is 2.27. The van der Waals surface area contributed by atoms with Gasteiger partial charge in [-0.1, -0.05) is 65.8 Å². The molecule has 0 aliphatic carbocycles. The maximum absolute atomic E-state index is 13.0. The number of benzene rings is 2. The lowest BCUT2D eigenvalue weighted by molar-refractivity contribution is -0.132. The second-order valence-electron chi connectivity index (χ2n) is 9.60. The minimum atomic E-state index is 0.212. The summed E-state index contributed by atoms with van der Waals surface area (Å²) in [6.45, 7) is 4.11. The van der Waals surface area contributed by atoms with Crippen LogP contribution in [0.2, 0.25) is 0 Å². The van der Waals surface area contributed by atoms with Crippen molar-refractivity contribution >= 4 is 5.91 Å². The number of hydrogen-bond donors (Lipinski definition) is 1. The molecule has 0 spiro atoms. The average molecular weight is 461 g/mol. The molecule has 4 rings (SSSR count). The lowest BCUT2D eigenvalue weighted by atomic mass is 9.81. The lowest BCUT2D eigenvalue weighted by Gasteiger charge is -2.32. The van der Waals surface area contributed by atoms with Crippen molar-refractivity contribution in [1.29, 1.82) is 0 Å². The van der Waals surface area contributed by atoms with Crippen LogP contribution in [0.15, 0.2) is 71.3 Å². The molecule has 2 heterocycles. The van der Waals surface area contributed by atoms with Crippen molar-refractivity contribution in [2.45, 2.75) is 38.9 Å². The van der Waals surface area contributed by atoms with Gasteiger partial charge in [0.15, 0.2) is 5.76 Å². The van der Waals surface area contributed by atoms with E-state index in [1.165, 1.54) is 5.56 Å². The van der Waals surface area contributed by atoms with E-state index in [1.807, 2.05) is 36.2 Å². The van der Waals surface area contributed by atoms with Gasteiger partial charge in [0.2, 0.25) is 5.91 Å². The number of nitrogens with one attached hydrogen (secondary N) is 1. The van der Waals surface area contributed by atoms with Gasteiger partial charge < -0.3 is 14.7 Å². The molecule has 2 aromatic carbocycles. The van der Waals surface area contributed by atoms with E-state index < -0.39 is 0 Å². The summed E-state index contributed by atoms with van der Waals surface area (Å²) in [5.74, 6) is 1.83. The third kappa shape index (κ3) is 7.02. The summed E-state index contributed by atoms with van der Waals surface area (Å²) in [6.07, 6.45) is 2.43. The Morgan fingerprint density at radius 3 is 2.35 bits per heavy atom. The molecule has 6 nitrogen and oxygen atoms in total. The number of aromatic nitrogens is 1. The van der Waals surface area contributed by atoms with Crippen molar-refractivity contribution in [2.24, 2.45) is 11.8 Å². The molecule has 2 atom stereocenters. The van der Waals surface area contributed by atoms with Crippen molar-refractivity contribution in [3.63, 3.8) is 0 Å². The number of rotatable bonds is 10. The molecule has 0 bridgehead atoms. The van der Waals surface area contributed by atoms with Crippen LogP contribution in [-0.2, 0) is 30.8 Å². The summed E-state index contributed by atoms with van der Waals surface area (Å²) < 4.78 is 5.65. The van der Waals surface area contributed by atoms with Gasteiger partial charge in [-0.2, -0.15) is 0 Å². The van der Waals surface area contributed by atoms with Crippen LogP contribution in [0, 0.1) is 11.8 Å². The molecular weight excluding hydrogens is 424 g/mol. The zero-order chi connectivity index (χ0) is 23.8. The smallest absolute Gasteiger partial charge is 0.222 e. The zero-order valence-corrected chi connectivity index (χ0v) is 20.3. The van der Waals surface area contributed by atoms with Crippen molar-refractivity contribution in [1.82, 2.24) is 20.3 Å². The highest BCUT2D eigenvalue weighted by atomic mass is 16.5. The number of piperidine rings is 1. The van der Waals surface area contributed by atoms with Gasteiger partial charge in [0.1, 0.15) is 0 Å². The molecule has 0 saturated carbocycles. The van der Waals surface area contributed by atoms with Crippen LogP contribution in [0.4, 0.5) is 0 Å². The molecule has 0 unspecified atom stereocenters. The SMILES string of the molecule is CN(Cc1ccccc1)Cc1cc(C[C@@H]2CNCC[C@H]2CC(=O)N(C)Cc2ccccc2)no1. The van der Waals surface area contributed by atoms with Crippen LogP contribution in [0.1, 0.15) is 35.4 Å². The fourth-order valence-electron chi connectivity index (χ4n) is 4.82. The second-order valence-corrected chi connectivity index (χ2v) is 9.60. The van der Waals surface area contributed by atoms with Crippen molar-refractivity contribution in [3.8, 4) is 0 Å². The Hall–Kier alpha value is -2.96. The quantitative estimate of drug-likeness (QED) is 0.493. The third-order valence-electron chi connectivity index (χ3n) is 6.69. The van der Waals surface area contributed by atoms with E-state index >= 15 is 0 Å². The molecule has 3 aromatic rings. The monoisotopic (exact) mass is 460 g/mol.